The van der Waals surface area contributed by atoms with Crippen molar-refractivity contribution in [2.24, 2.45) is 0 Å². The van der Waals surface area contributed by atoms with E-state index in [1.807, 2.05) is 43.3 Å². The van der Waals surface area contributed by atoms with Gasteiger partial charge in [0.2, 0.25) is 0 Å². The summed E-state index contributed by atoms with van der Waals surface area (Å²) in [7, 11) is 0. The predicted molar refractivity (Wildman–Crippen MR) is 89.4 cm³/mol. The lowest BCUT2D eigenvalue weighted by Gasteiger charge is -2.08. The lowest BCUT2D eigenvalue weighted by molar-refractivity contribution is 0.102. The Kier molecular flexibility index (Phi) is 4.38. The topological polar surface area (TPSA) is 67.2 Å². The second kappa shape index (κ2) is 6.79. The smallest absolute Gasteiger partial charge is 0.257 e. The number of nitrogens with one attached hydrogen (secondary N) is 2. The molecule has 3 aromatic rings. The fraction of sp³-hybridized carbons (Fsp3) is 0.111. The van der Waals surface area contributed by atoms with E-state index in [0.29, 0.717) is 17.9 Å². The van der Waals surface area contributed by atoms with E-state index < -0.39 is 0 Å². The van der Waals surface area contributed by atoms with E-state index in [0.717, 1.165) is 17.0 Å². The molecule has 0 bridgehead atoms. The van der Waals surface area contributed by atoms with Gasteiger partial charge in [-0.3, -0.25) is 4.79 Å². The quantitative estimate of drug-likeness (QED) is 0.751. The Morgan fingerprint density at radius 2 is 2.00 bits per heavy atom. The number of furan rings is 1. The average Bonchev–Trinajstić information content (AvgIpc) is 3.08. The van der Waals surface area contributed by atoms with E-state index in [-0.39, 0.29) is 5.91 Å². The van der Waals surface area contributed by atoms with Crippen LogP contribution >= 0.6 is 0 Å². The monoisotopic (exact) mass is 307 g/mol. The Labute approximate surface area is 134 Å². The minimum atomic E-state index is -0.160. The highest BCUT2D eigenvalue weighted by Gasteiger charge is 2.09. The maximum atomic E-state index is 12.2. The molecule has 2 heterocycles. The van der Waals surface area contributed by atoms with Gasteiger partial charge in [0.15, 0.2) is 0 Å². The van der Waals surface area contributed by atoms with Crippen molar-refractivity contribution in [3.05, 3.63) is 77.9 Å². The Morgan fingerprint density at radius 1 is 1.13 bits per heavy atom. The highest BCUT2D eigenvalue weighted by molar-refractivity contribution is 6.04. The Hall–Kier alpha value is -3.08. The number of nitrogens with zero attached hydrogens (tertiary/aromatic N) is 1. The minimum absolute atomic E-state index is 0.160. The molecule has 0 saturated carbocycles. The van der Waals surface area contributed by atoms with E-state index in [4.69, 9.17) is 4.42 Å². The van der Waals surface area contributed by atoms with Crippen LogP contribution in [-0.2, 0) is 6.54 Å². The number of hydrogen-bond acceptors (Lipinski definition) is 4. The second-order valence-electron chi connectivity index (χ2n) is 5.13. The van der Waals surface area contributed by atoms with E-state index in [1.54, 1.807) is 24.6 Å². The Morgan fingerprint density at radius 3 is 2.70 bits per heavy atom. The molecule has 0 aliphatic heterocycles. The van der Waals surface area contributed by atoms with Crippen molar-refractivity contribution in [3.63, 3.8) is 0 Å². The third-order valence-electron chi connectivity index (χ3n) is 3.44. The van der Waals surface area contributed by atoms with Crippen molar-refractivity contribution < 1.29 is 9.21 Å². The summed E-state index contributed by atoms with van der Waals surface area (Å²) in [5.41, 5.74) is 2.44. The van der Waals surface area contributed by atoms with Crippen LogP contribution < -0.4 is 10.6 Å². The molecule has 0 saturated heterocycles. The highest BCUT2D eigenvalue weighted by atomic mass is 16.3. The molecule has 0 aliphatic carbocycles. The molecule has 5 heteroatoms. The largest absolute Gasteiger partial charge is 0.467 e. The van der Waals surface area contributed by atoms with Crippen LogP contribution in [0.3, 0.4) is 0 Å². The molecule has 3 rings (SSSR count). The van der Waals surface area contributed by atoms with Crippen molar-refractivity contribution in [2.75, 3.05) is 10.6 Å². The number of aryl methyl sites for hydroxylation is 1. The van der Waals surface area contributed by atoms with Gasteiger partial charge in [0, 0.05) is 5.56 Å². The van der Waals surface area contributed by atoms with Crippen LogP contribution in [-0.4, -0.2) is 10.9 Å². The lowest BCUT2D eigenvalue weighted by atomic mass is 10.1. The Balaban J connectivity index is 1.61. The number of carbonyl (C=O) groups is 1. The third-order valence-corrected chi connectivity index (χ3v) is 3.44. The summed E-state index contributed by atoms with van der Waals surface area (Å²) in [5, 5.41) is 6.00. The molecule has 5 nitrogen and oxygen atoms in total. The zero-order valence-electron chi connectivity index (χ0n) is 12.7. The second-order valence-corrected chi connectivity index (χ2v) is 5.13. The zero-order chi connectivity index (χ0) is 16.1. The fourth-order valence-electron chi connectivity index (χ4n) is 2.19. The normalized spacial score (nSPS) is 10.3. The number of amides is 1. The molecular formula is C18H17N3O2. The summed E-state index contributed by atoms with van der Waals surface area (Å²) in [4.78, 5) is 16.5. The van der Waals surface area contributed by atoms with Gasteiger partial charge < -0.3 is 15.1 Å². The number of carbonyl (C=O) groups excluding carboxylic acids is 1. The number of hydrogen-bond donors (Lipinski definition) is 2. The first-order valence-corrected chi connectivity index (χ1v) is 7.31. The average molecular weight is 307 g/mol. The molecule has 2 aromatic heterocycles. The number of rotatable bonds is 5. The van der Waals surface area contributed by atoms with Gasteiger partial charge in [0.1, 0.15) is 11.6 Å². The molecule has 1 amide bonds. The molecule has 0 radical (unpaired) electrons. The molecule has 1 aromatic carbocycles. The van der Waals surface area contributed by atoms with Gasteiger partial charge in [-0.2, -0.15) is 0 Å². The van der Waals surface area contributed by atoms with E-state index in [9.17, 15) is 4.79 Å². The van der Waals surface area contributed by atoms with Crippen molar-refractivity contribution in [1.29, 1.82) is 0 Å². The van der Waals surface area contributed by atoms with Crippen molar-refractivity contribution in [1.82, 2.24) is 4.98 Å². The van der Waals surface area contributed by atoms with Crippen LogP contribution in [0.1, 0.15) is 21.7 Å². The third kappa shape index (κ3) is 3.77. The molecule has 0 spiro atoms. The van der Waals surface area contributed by atoms with Crippen LogP contribution in [0.15, 0.2) is 65.4 Å². The van der Waals surface area contributed by atoms with Gasteiger partial charge in [-0.1, -0.05) is 18.2 Å². The summed E-state index contributed by atoms with van der Waals surface area (Å²) in [6, 6.07) is 14.8. The molecule has 0 atom stereocenters. The van der Waals surface area contributed by atoms with Gasteiger partial charge in [-0.25, -0.2) is 4.98 Å². The van der Waals surface area contributed by atoms with E-state index >= 15 is 0 Å². The SMILES string of the molecule is Cc1ccccc1C(=O)Nc1ccc(NCc2ccco2)cn1. The molecule has 2 N–H and O–H groups in total. The number of benzene rings is 1. The standard InChI is InChI=1S/C18H17N3O2/c1-13-5-2-3-7-16(13)18(22)21-17-9-8-14(11-20-17)19-12-15-6-4-10-23-15/h2-11,19H,12H2,1H3,(H,20,21,22). The summed E-state index contributed by atoms with van der Waals surface area (Å²) < 4.78 is 5.25. The number of pyridine rings is 1. The van der Waals surface area contributed by atoms with Crippen LogP contribution in [0.5, 0.6) is 0 Å². The highest BCUT2D eigenvalue weighted by Crippen LogP contribution is 2.14. The molecule has 116 valence electrons. The van der Waals surface area contributed by atoms with Gasteiger partial charge in [0.25, 0.3) is 5.91 Å². The van der Waals surface area contributed by atoms with Gasteiger partial charge in [0.05, 0.1) is 24.7 Å². The van der Waals surface area contributed by atoms with Crippen LogP contribution in [0.25, 0.3) is 0 Å². The first-order chi connectivity index (χ1) is 11.2. The first kappa shape index (κ1) is 14.8. The summed E-state index contributed by atoms with van der Waals surface area (Å²) >= 11 is 0. The van der Waals surface area contributed by atoms with E-state index in [1.165, 1.54) is 0 Å². The molecule has 0 aliphatic rings. The maximum absolute atomic E-state index is 12.2. The maximum Gasteiger partial charge on any atom is 0.257 e. The van der Waals surface area contributed by atoms with Gasteiger partial charge >= 0.3 is 0 Å². The zero-order valence-corrected chi connectivity index (χ0v) is 12.7. The number of anilines is 2. The first-order valence-electron chi connectivity index (χ1n) is 7.31. The van der Waals surface area contributed by atoms with Crippen LogP contribution in [0, 0.1) is 6.92 Å². The predicted octanol–water partition coefficient (Wildman–Crippen LogP) is 3.85. The van der Waals surface area contributed by atoms with Crippen molar-refractivity contribution in [3.8, 4) is 0 Å². The lowest BCUT2D eigenvalue weighted by Crippen LogP contribution is -2.14. The van der Waals surface area contributed by atoms with Gasteiger partial charge in [-0.15, -0.1) is 0 Å². The van der Waals surface area contributed by atoms with Crippen molar-refractivity contribution in [2.45, 2.75) is 13.5 Å². The van der Waals surface area contributed by atoms with Crippen LogP contribution in [0.2, 0.25) is 0 Å². The molecular weight excluding hydrogens is 290 g/mol. The number of aromatic nitrogens is 1. The Bertz CT molecular complexity index is 780. The molecule has 23 heavy (non-hydrogen) atoms. The molecule has 0 unspecified atom stereocenters. The van der Waals surface area contributed by atoms with Crippen LogP contribution in [0.4, 0.5) is 11.5 Å². The summed E-state index contributed by atoms with van der Waals surface area (Å²) in [5.74, 6) is 1.20. The summed E-state index contributed by atoms with van der Waals surface area (Å²) in [6.45, 7) is 2.49. The van der Waals surface area contributed by atoms with E-state index in [2.05, 4.69) is 15.6 Å². The summed E-state index contributed by atoms with van der Waals surface area (Å²) in [6.07, 6.45) is 3.32. The molecule has 0 fully saturated rings. The minimum Gasteiger partial charge on any atom is -0.467 e. The van der Waals surface area contributed by atoms with Crippen molar-refractivity contribution >= 4 is 17.4 Å². The van der Waals surface area contributed by atoms with Gasteiger partial charge in [-0.05, 0) is 42.8 Å². The fourth-order valence-corrected chi connectivity index (χ4v) is 2.19.